The third-order valence-corrected chi connectivity index (χ3v) is 4.92. The number of aromatic nitrogens is 1. The van der Waals surface area contributed by atoms with Gasteiger partial charge in [0.1, 0.15) is 5.82 Å². The zero-order valence-electron chi connectivity index (χ0n) is 15.2. The van der Waals surface area contributed by atoms with Crippen molar-refractivity contribution in [2.75, 3.05) is 11.9 Å². The van der Waals surface area contributed by atoms with Crippen LogP contribution in [0, 0.1) is 12.7 Å². The van der Waals surface area contributed by atoms with Gasteiger partial charge in [-0.25, -0.2) is 22.7 Å². The number of primary sulfonamides is 1. The summed E-state index contributed by atoms with van der Waals surface area (Å²) in [6.07, 6.45) is 0. The van der Waals surface area contributed by atoms with Gasteiger partial charge in [-0.3, -0.25) is 9.78 Å². The molecule has 0 spiro atoms. The fourth-order valence-electron chi connectivity index (χ4n) is 2.58. The zero-order valence-corrected chi connectivity index (χ0v) is 16.0. The van der Waals surface area contributed by atoms with Crippen LogP contribution in [0.15, 0.2) is 53.4 Å². The number of nitrogens with zero attached hydrogens (tertiary/aromatic N) is 1. The van der Waals surface area contributed by atoms with Gasteiger partial charge in [-0.2, -0.15) is 0 Å². The van der Waals surface area contributed by atoms with Gasteiger partial charge in [0, 0.05) is 17.1 Å². The molecule has 3 rings (SSSR count). The molecular weight excluding hydrogens is 401 g/mol. The Labute approximate surface area is 165 Å². The van der Waals surface area contributed by atoms with Crippen molar-refractivity contribution in [2.24, 2.45) is 5.14 Å². The predicted octanol–water partition coefficient (Wildman–Crippen LogP) is 2.13. The molecule has 29 heavy (non-hydrogen) atoms. The highest BCUT2D eigenvalue weighted by Gasteiger charge is 2.15. The molecule has 0 fully saturated rings. The minimum Gasteiger partial charge on any atom is -0.452 e. The molecule has 0 saturated heterocycles. The molecule has 0 aliphatic carbocycles. The summed E-state index contributed by atoms with van der Waals surface area (Å²) in [7, 11) is -3.83. The maximum Gasteiger partial charge on any atom is 0.340 e. The lowest BCUT2D eigenvalue weighted by atomic mass is 10.1. The van der Waals surface area contributed by atoms with Gasteiger partial charge >= 0.3 is 5.97 Å². The van der Waals surface area contributed by atoms with Gasteiger partial charge < -0.3 is 10.1 Å². The van der Waals surface area contributed by atoms with Gasteiger partial charge in [-0.15, -0.1) is 0 Å². The maximum atomic E-state index is 13.3. The van der Waals surface area contributed by atoms with E-state index in [0.717, 1.165) is 0 Å². The van der Waals surface area contributed by atoms with Gasteiger partial charge in [0.05, 0.1) is 21.7 Å². The molecule has 8 nitrogen and oxygen atoms in total. The molecule has 0 aliphatic heterocycles. The largest absolute Gasteiger partial charge is 0.452 e. The molecule has 1 amide bonds. The van der Waals surface area contributed by atoms with E-state index in [2.05, 4.69) is 10.3 Å². The number of halogens is 1. The van der Waals surface area contributed by atoms with Gasteiger partial charge in [0.15, 0.2) is 6.61 Å². The van der Waals surface area contributed by atoms with Gasteiger partial charge in [-0.1, -0.05) is 0 Å². The molecule has 0 bridgehead atoms. The molecule has 0 saturated carbocycles. The number of carbonyl (C=O) groups excluding carboxylic acids is 2. The lowest BCUT2D eigenvalue weighted by Gasteiger charge is -2.09. The van der Waals surface area contributed by atoms with Crippen molar-refractivity contribution >= 4 is 38.5 Å². The Balaban J connectivity index is 1.64. The first-order valence-corrected chi connectivity index (χ1v) is 9.85. The van der Waals surface area contributed by atoms with Crippen LogP contribution in [-0.4, -0.2) is 31.9 Å². The van der Waals surface area contributed by atoms with Crippen molar-refractivity contribution in [3.63, 3.8) is 0 Å². The zero-order chi connectivity index (χ0) is 21.2. The van der Waals surface area contributed by atoms with Crippen LogP contribution in [0.4, 0.5) is 10.1 Å². The smallest absolute Gasteiger partial charge is 0.340 e. The lowest BCUT2D eigenvalue weighted by molar-refractivity contribution is -0.119. The van der Waals surface area contributed by atoms with Crippen LogP contribution < -0.4 is 10.5 Å². The van der Waals surface area contributed by atoms with Crippen molar-refractivity contribution in [1.29, 1.82) is 0 Å². The Bertz CT molecular complexity index is 1210. The van der Waals surface area contributed by atoms with Gasteiger partial charge in [0.25, 0.3) is 5.91 Å². The summed E-state index contributed by atoms with van der Waals surface area (Å²) in [6, 6.07) is 10.7. The fourth-order valence-corrected chi connectivity index (χ4v) is 3.09. The molecule has 10 heteroatoms. The highest BCUT2D eigenvalue weighted by molar-refractivity contribution is 7.89. The quantitative estimate of drug-likeness (QED) is 0.612. The summed E-state index contributed by atoms with van der Waals surface area (Å²) in [6.45, 7) is 1.02. The molecule has 1 aromatic heterocycles. The van der Waals surface area contributed by atoms with Crippen LogP contribution in [0.2, 0.25) is 0 Å². The summed E-state index contributed by atoms with van der Waals surface area (Å²) in [4.78, 5) is 28.4. The number of carbonyl (C=O) groups is 2. The number of hydrogen-bond donors (Lipinski definition) is 2. The second kappa shape index (κ2) is 7.94. The molecule has 1 heterocycles. The van der Waals surface area contributed by atoms with Crippen molar-refractivity contribution in [1.82, 2.24) is 4.98 Å². The fraction of sp³-hybridized carbons (Fsp3) is 0.105. The maximum absolute atomic E-state index is 13.3. The third-order valence-electron chi connectivity index (χ3n) is 3.99. The number of hydrogen-bond acceptors (Lipinski definition) is 6. The number of amides is 1. The van der Waals surface area contributed by atoms with E-state index in [9.17, 15) is 22.4 Å². The van der Waals surface area contributed by atoms with E-state index < -0.39 is 34.3 Å². The van der Waals surface area contributed by atoms with E-state index in [1.54, 1.807) is 6.92 Å². The molecule has 0 unspecified atom stereocenters. The normalized spacial score (nSPS) is 11.3. The number of nitrogens with one attached hydrogen (secondary N) is 1. The minimum absolute atomic E-state index is 0.0962. The van der Waals surface area contributed by atoms with E-state index in [1.165, 1.54) is 48.5 Å². The SMILES string of the molecule is Cc1nc2cc(F)ccc2cc1C(=O)OCC(=O)Nc1ccc(S(N)(=O)=O)cc1. The van der Waals surface area contributed by atoms with Crippen LogP contribution >= 0.6 is 0 Å². The molecule has 150 valence electrons. The Morgan fingerprint density at radius 1 is 1.14 bits per heavy atom. The number of esters is 1. The Morgan fingerprint density at radius 3 is 2.48 bits per heavy atom. The van der Waals surface area contributed by atoms with E-state index in [0.29, 0.717) is 22.3 Å². The van der Waals surface area contributed by atoms with Crippen LogP contribution in [0.1, 0.15) is 16.1 Å². The molecule has 3 N–H and O–H groups in total. The molecule has 3 aromatic rings. The third kappa shape index (κ3) is 4.92. The number of anilines is 1. The average Bonchev–Trinajstić information content (AvgIpc) is 2.65. The number of nitrogens with two attached hydrogens (primary N) is 1. The van der Waals surface area contributed by atoms with Crippen LogP contribution in [0.25, 0.3) is 10.9 Å². The predicted molar refractivity (Wildman–Crippen MR) is 103 cm³/mol. The number of aryl methyl sites for hydroxylation is 1. The number of sulfonamides is 1. The Kier molecular flexibility index (Phi) is 5.57. The highest BCUT2D eigenvalue weighted by Crippen LogP contribution is 2.18. The number of fused-ring (bicyclic) bond motifs is 1. The summed E-state index contributed by atoms with van der Waals surface area (Å²) >= 11 is 0. The molecule has 2 aromatic carbocycles. The van der Waals surface area contributed by atoms with Crippen molar-refractivity contribution in [2.45, 2.75) is 11.8 Å². The second-order valence-electron chi connectivity index (χ2n) is 6.15. The summed E-state index contributed by atoms with van der Waals surface area (Å²) < 4.78 is 40.7. The number of benzene rings is 2. The lowest BCUT2D eigenvalue weighted by Crippen LogP contribution is -2.21. The monoisotopic (exact) mass is 417 g/mol. The van der Waals surface area contributed by atoms with E-state index in [-0.39, 0.29) is 10.5 Å². The van der Waals surface area contributed by atoms with Gasteiger partial charge in [-0.05, 0) is 49.4 Å². The molecule has 0 atom stereocenters. The standard InChI is InChI=1S/C19H16FN3O5S/c1-11-16(8-12-2-3-13(20)9-17(12)22-11)19(25)28-10-18(24)23-14-4-6-15(7-5-14)29(21,26)27/h2-9H,10H2,1H3,(H,23,24)(H2,21,26,27). The number of rotatable bonds is 5. The van der Waals surface area contributed by atoms with E-state index >= 15 is 0 Å². The second-order valence-corrected chi connectivity index (χ2v) is 7.71. The Hall–Kier alpha value is -3.37. The molecule has 0 aliphatic rings. The van der Waals surface area contributed by atoms with E-state index in [4.69, 9.17) is 9.88 Å². The van der Waals surface area contributed by atoms with Crippen LogP contribution in [0.5, 0.6) is 0 Å². The molecule has 0 radical (unpaired) electrons. The van der Waals surface area contributed by atoms with Crippen molar-refractivity contribution in [3.8, 4) is 0 Å². The summed E-state index contributed by atoms with van der Waals surface area (Å²) in [5, 5.41) is 8.03. The summed E-state index contributed by atoms with van der Waals surface area (Å²) in [5.41, 5.74) is 1.21. The minimum atomic E-state index is -3.83. The van der Waals surface area contributed by atoms with Gasteiger partial charge in [0.2, 0.25) is 10.0 Å². The van der Waals surface area contributed by atoms with Crippen LogP contribution in [-0.2, 0) is 19.6 Å². The number of ether oxygens (including phenoxy) is 1. The summed E-state index contributed by atoms with van der Waals surface area (Å²) in [5.74, 6) is -1.80. The highest BCUT2D eigenvalue weighted by atomic mass is 32.2. The van der Waals surface area contributed by atoms with Crippen molar-refractivity contribution in [3.05, 3.63) is 65.6 Å². The first-order chi connectivity index (χ1) is 13.6. The number of pyridine rings is 1. The van der Waals surface area contributed by atoms with E-state index in [1.807, 2.05) is 0 Å². The van der Waals surface area contributed by atoms with Crippen LogP contribution in [0.3, 0.4) is 0 Å². The first-order valence-electron chi connectivity index (χ1n) is 8.30. The topological polar surface area (TPSA) is 128 Å². The average molecular weight is 417 g/mol. The molecular formula is C19H16FN3O5S. The van der Waals surface area contributed by atoms with Crippen molar-refractivity contribution < 1.29 is 27.1 Å². The Morgan fingerprint density at radius 2 is 1.83 bits per heavy atom. The first kappa shape index (κ1) is 20.4.